The quantitative estimate of drug-likeness (QED) is 0.580. The van der Waals surface area contributed by atoms with Crippen LogP contribution in [0.3, 0.4) is 0 Å². The van der Waals surface area contributed by atoms with Gasteiger partial charge in [-0.15, -0.1) is 0 Å². The summed E-state index contributed by atoms with van der Waals surface area (Å²) in [6.07, 6.45) is 0. The van der Waals surface area contributed by atoms with Gasteiger partial charge in [-0.25, -0.2) is 0 Å². The molecule has 1 aliphatic heterocycles. The number of rotatable bonds is 1. The summed E-state index contributed by atoms with van der Waals surface area (Å²) in [6.45, 7) is 1.02. The van der Waals surface area contributed by atoms with E-state index in [4.69, 9.17) is 0 Å². The molecule has 1 atom stereocenters. The van der Waals surface area contributed by atoms with Gasteiger partial charge in [0.25, 0.3) is 5.56 Å². The third kappa shape index (κ3) is 1.56. The van der Waals surface area contributed by atoms with Gasteiger partial charge in [0.2, 0.25) is 0 Å². The molecule has 12 heavy (non-hydrogen) atoms. The minimum Gasteiger partial charge on any atom is -0.307 e. The molecule has 1 fully saturated rings. The zero-order valence-electron chi connectivity index (χ0n) is 6.59. The van der Waals surface area contributed by atoms with Crippen molar-refractivity contribution in [2.75, 3.05) is 18.1 Å². The van der Waals surface area contributed by atoms with Gasteiger partial charge in [0, 0.05) is 24.1 Å². The van der Waals surface area contributed by atoms with Crippen molar-refractivity contribution < 1.29 is 0 Å². The van der Waals surface area contributed by atoms with Crippen LogP contribution in [0.4, 0.5) is 0 Å². The van der Waals surface area contributed by atoms with Crippen LogP contribution in [0.1, 0.15) is 11.7 Å². The Morgan fingerprint density at radius 2 is 2.42 bits per heavy atom. The van der Waals surface area contributed by atoms with E-state index in [9.17, 15) is 4.79 Å². The monoisotopic (exact) mass is 185 g/mol. The first-order valence-electron chi connectivity index (χ1n) is 3.95. The van der Waals surface area contributed by atoms with E-state index in [0.717, 1.165) is 23.7 Å². The number of H-pyrrole nitrogens is 2. The van der Waals surface area contributed by atoms with Crippen LogP contribution in [0, 0.1) is 0 Å². The van der Waals surface area contributed by atoms with Gasteiger partial charge in [0.1, 0.15) is 0 Å². The molecule has 1 aromatic rings. The summed E-state index contributed by atoms with van der Waals surface area (Å²) in [7, 11) is 0. The predicted octanol–water partition coefficient (Wildman–Crippen LogP) is 0.0805. The number of thioether (sulfide) groups is 1. The van der Waals surface area contributed by atoms with Gasteiger partial charge in [0.05, 0.1) is 11.7 Å². The molecule has 1 aromatic heterocycles. The second kappa shape index (κ2) is 3.37. The van der Waals surface area contributed by atoms with Crippen LogP contribution >= 0.6 is 11.8 Å². The minimum absolute atomic E-state index is 0.0534. The lowest BCUT2D eigenvalue weighted by Crippen LogP contribution is -2.30. The van der Waals surface area contributed by atoms with Crippen molar-refractivity contribution in [3.05, 3.63) is 22.1 Å². The standard InChI is InChI=1S/C7H11N3OS/c11-7-3-5(9-10-7)6-4-12-2-1-8-6/h3,6,8H,1-2,4H2,(H2,9,10,11). The minimum atomic E-state index is -0.0534. The highest BCUT2D eigenvalue weighted by molar-refractivity contribution is 7.99. The fourth-order valence-electron chi connectivity index (χ4n) is 1.30. The van der Waals surface area contributed by atoms with Crippen molar-refractivity contribution >= 4 is 11.8 Å². The molecule has 0 radical (unpaired) electrons. The van der Waals surface area contributed by atoms with Crippen molar-refractivity contribution in [3.63, 3.8) is 0 Å². The Morgan fingerprint density at radius 3 is 3.00 bits per heavy atom. The molecular formula is C7H11N3OS. The first-order chi connectivity index (χ1) is 5.86. The first-order valence-corrected chi connectivity index (χ1v) is 5.10. The molecule has 5 heteroatoms. The molecular weight excluding hydrogens is 174 g/mol. The highest BCUT2D eigenvalue weighted by Crippen LogP contribution is 2.18. The third-order valence-electron chi connectivity index (χ3n) is 1.91. The molecule has 4 nitrogen and oxygen atoms in total. The van der Waals surface area contributed by atoms with Gasteiger partial charge in [-0.2, -0.15) is 11.8 Å². The second-order valence-corrected chi connectivity index (χ2v) is 3.95. The Morgan fingerprint density at radius 1 is 1.50 bits per heavy atom. The van der Waals surface area contributed by atoms with Crippen LogP contribution in [0.25, 0.3) is 0 Å². The van der Waals surface area contributed by atoms with Crippen LogP contribution in [0.5, 0.6) is 0 Å². The summed E-state index contributed by atoms with van der Waals surface area (Å²) >= 11 is 1.91. The SMILES string of the molecule is O=c1cc(C2CSCCN2)[nH][nH]1. The summed E-state index contributed by atoms with van der Waals surface area (Å²) in [5.74, 6) is 2.19. The largest absolute Gasteiger partial charge is 0.307 e. The Bertz CT molecular complexity index is 300. The molecule has 0 saturated carbocycles. The fraction of sp³-hybridized carbons (Fsp3) is 0.571. The van der Waals surface area contributed by atoms with Crippen LogP contribution in [-0.2, 0) is 0 Å². The van der Waals surface area contributed by atoms with Gasteiger partial charge in [-0.05, 0) is 0 Å². The Kier molecular flexibility index (Phi) is 2.23. The lowest BCUT2D eigenvalue weighted by molar-refractivity contribution is 0.579. The van der Waals surface area contributed by atoms with E-state index < -0.39 is 0 Å². The normalized spacial score (nSPS) is 24.2. The van der Waals surface area contributed by atoms with E-state index in [0.29, 0.717) is 6.04 Å². The molecule has 66 valence electrons. The molecule has 0 aromatic carbocycles. The molecule has 0 spiro atoms. The van der Waals surface area contributed by atoms with Crippen molar-refractivity contribution in [2.45, 2.75) is 6.04 Å². The zero-order valence-corrected chi connectivity index (χ0v) is 7.41. The molecule has 1 saturated heterocycles. The van der Waals surface area contributed by atoms with E-state index in [1.54, 1.807) is 6.07 Å². The maximum Gasteiger partial charge on any atom is 0.264 e. The van der Waals surface area contributed by atoms with Gasteiger partial charge < -0.3 is 10.4 Å². The van der Waals surface area contributed by atoms with Crippen LogP contribution in [0.2, 0.25) is 0 Å². The topological polar surface area (TPSA) is 60.7 Å². The third-order valence-corrected chi connectivity index (χ3v) is 2.98. The average molecular weight is 185 g/mol. The molecule has 0 bridgehead atoms. The summed E-state index contributed by atoms with van der Waals surface area (Å²) in [5.41, 5.74) is 0.912. The molecule has 2 rings (SSSR count). The molecule has 0 amide bonds. The lowest BCUT2D eigenvalue weighted by Gasteiger charge is -2.21. The number of aromatic nitrogens is 2. The van der Waals surface area contributed by atoms with E-state index in [1.165, 1.54) is 0 Å². The Hall–Kier alpha value is -0.680. The highest BCUT2D eigenvalue weighted by atomic mass is 32.2. The number of nitrogens with one attached hydrogen (secondary N) is 3. The predicted molar refractivity (Wildman–Crippen MR) is 49.5 cm³/mol. The summed E-state index contributed by atoms with van der Waals surface area (Å²) in [5, 5.41) is 8.74. The maximum atomic E-state index is 10.8. The average Bonchev–Trinajstić information content (AvgIpc) is 2.54. The zero-order chi connectivity index (χ0) is 8.39. The molecule has 3 N–H and O–H groups in total. The highest BCUT2D eigenvalue weighted by Gasteiger charge is 2.15. The van der Waals surface area contributed by atoms with Crippen molar-refractivity contribution in [1.82, 2.24) is 15.5 Å². The van der Waals surface area contributed by atoms with E-state index in [1.807, 2.05) is 11.8 Å². The smallest absolute Gasteiger partial charge is 0.264 e. The lowest BCUT2D eigenvalue weighted by atomic mass is 10.2. The fourth-order valence-corrected chi connectivity index (χ4v) is 2.26. The molecule has 0 aliphatic carbocycles. The van der Waals surface area contributed by atoms with Crippen molar-refractivity contribution in [2.24, 2.45) is 0 Å². The summed E-state index contributed by atoms with van der Waals surface area (Å²) < 4.78 is 0. The molecule has 1 unspecified atom stereocenters. The van der Waals surface area contributed by atoms with Gasteiger partial charge >= 0.3 is 0 Å². The van der Waals surface area contributed by atoms with Crippen LogP contribution in [0.15, 0.2) is 10.9 Å². The number of hydrogen-bond donors (Lipinski definition) is 3. The van der Waals surface area contributed by atoms with E-state index in [-0.39, 0.29) is 5.56 Å². The van der Waals surface area contributed by atoms with Crippen molar-refractivity contribution in [3.8, 4) is 0 Å². The molecule has 1 aliphatic rings. The van der Waals surface area contributed by atoms with E-state index >= 15 is 0 Å². The second-order valence-electron chi connectivity index (χ2n) is 2.80. The maximum absolute atomic E-state index is 10.8. The van der Waals surface area contributed by atoms with Gasteiger partial charge in [-0.1, -0.05) is 0 Å². The van der Waals surface area contributed by atoms with E-state index in [2.05, 4.69) is 15.5 Å². The number of hydrogen-bond acceptors (Lipinski definition) is 3. The van der Waals surface area contributed by atoms with Crippen molar-refractivity contribution in [1.29, 1.82) is 0 Å². The molecule has 2 heterocycles. The van der Waals surface area contributed by atoms with Crippen LogP contribution in [-0.4, -0.2) is 28.2 Å². The van der Waals surface area contributed by atoms with Gasteiger partial charge in [0.15, 0.2) is 0 Å². The Labute approximate surface area is 74.1 Å². The van der Waals surface area contributed by atoms with Crippen LogP contribution < -0.4 is 10.9 Å². The summed E-state index contributed by atoms with van der Waals surface area (Å²) in [6, 6.07) is 1.92. The first kappa shape index (κ1) is 7.94. The van der Waals surface area contributed by atoms with Gasteiger partial charge in [-0.3, -0.25) is 9.89 Å². The number of aromatic amines is 2. The Balaban J connectivity index is 2.13. The summed E-state index contributed by atoms with van der Waals surface area (Å²) in [4.78, 5) is 10.8.